The van der Waals surface area contributed by atoms with Crippen LogP contribution in [0.4, 0.5) is 4.39 Å². The van der Waals surface area contributed by atoms with Gasteiger partial charge in [0.25, 0.3) is 5.89 Å². The van der Waals surface area contributed by atoms with Crippen LogP contribution in [0.5, 0.6) is 0 Å². The summed E-state index contributed by atoms with van der Waals surface area (Å²) in [7, 11) is 0. The second-order valence-corrected chi connectivity index (χ2v) is 2.98. The molecular weight excluding hydrogens is 229 g/mol. The number of halogens is 1. The second-order valence-electron chi connectivity index (χ2n) is 2.98. The molecule has 0 fully saturated rings. The Hall–Kier alpha value is -2.57. The highest BCUT2D eigenvalue weighted by Gasteiger charge is 2.08. The van der Waals surface area contributed by atoms with E-state index in [0.717, 1.165) is 18.3 Å². The molecule has 0 atom stereocenters. The fourth-order valence-corrected chi connectivity index (χ4v) is 1.05. The smallest absolute Gasteiger partial charge is 0.328 e. The lowest BCUT2D eigenvalue weighted by Crippen LogP contribution is -1.85. The molecule has 7 heteroatoms. The van der Waals surface area contributed by atoms with Crippen LogP contribution in [-0.4, -0.2) is 26.3 Å². The third-order valence-corrected chi connectivity index (χ3v) is 1.76. The highest BCUT2D eigenvalue weighted by atomic mass is 19.1. The van der Waals surface area contributed by atoms with Crippen LogP contribution < -0.4 is 0 Å². The molecule has 6 nitrogen and oxygen atoms in total. The van der Waals surface area contributed by atoms with Gasteiger partial charge in [-0.05, 0) is 12.1 Å². The van der Waals surface area contributed by atoms with Crippen molar-refractivity contribution < 1.29 is 18.7 Å². The number of hydrogen-bond donors (Lipinski definition) is 1. The number of carboxylic acid groups (broad SMARTS) is 1. The second kappa shape index (κ2) is 4.52. The summed E-state index contributed by atoms with van der Waals surface area (Å²) in [6, 6.07) is 2.59. The lowest BCUT2D eigenvalue weighted by atomic mass is 10.3. The number of nitrogens with zero attached hydrogens (tertiary/aromatic N) is 3. The lowest BCUT2D eigenvalue weighted by Gasteiger charge is -1.91. The summed E-state index contributed by atoms with van der Waals surface area (Å²) < 4.78 is 17.7. The van der Waals surface area contributed by atoms with Crippen LogP contribution >= 0.6 is 0 Å². The average molecular weight is 235 g/mol. The summed E-state index contributed by atoms with van der Waals surface area (Å²) in [6.07, 6.45) is 3.05. The van der Waals surface area contributed by atoms with Crippen molar-refractivity contribution in [2.24, 2.45) is 0 Å². The predicted octanol–water partition coefficient (Wildman–Crippen LogP) is 1.37. The van der Waals surface area contributed by atoms with Gasteiger partial charge in [0.05, 0.1) is 6.20 Å². The van der Waals surface area contributed by atoms with E-state index >= 15 is 0 Å². The number of pyridine rings is 1. The van der Waals surface area contributed by atoms with E-state index in [1.54, 1.807) is 0 Å². The van der Waals surface area contributed by atoms with Gasteiger partial charge >= 0.3 is 5.97 Å². The van der Waals surface area contributed by atoms with E-state index in [2.05, 4.69) is 15.2 Å². The van der Waals surface area contributed by atoms with E-state index in [1.807, 2.05) is 0 Å². The van der Waals surface area contributed by atoms with Crippen molar-refractivity contribution in [2.75, 3.05) is 0 Å². The van der Waals surface area contributed by atoms with Gasteiger partial charge in [-0.3, -0.25) is 0 Å². The van der Waals surface area contributed by atoms with E-state index < -0.39 is 11.8 Å². The zero-order valence-electron chi connectivity index (χ0n) is 8.37. The van der Waals surface area contributed by atoms with Crippen LogP contribution in [0, 0.1) is 5.82 Å². The molecule has 0 spiro atoms. The van der Waals surface area contributed by atoms with Crippen molar-refractivity contribution in [3.05, 3.63) is 36.1 Å². The molecule has 0 saturated heterocycles. The van der Waals surface area contributed by atoms with Gasteiger partial charge < -0.3 is 9.52 Å². The topological polar surface area (TPSA) is 89.1 Å². The van der Waals surface area contributed by atoms with Crippen molar-refractivity contribution in [1.82, 2.24) is 15.2 Å². The average Bonchev–Trinajstić information content (AvgIpc) is 2.76. The molecule has 1 N–H and O–H groups in total. The number of aromatic nitrogens is 3. The third kappa shape index (κ3) is 2.71. The van der Waals surface area contributed by atoms with Crippen LogP contribution in [0.15, 0.2) is 28.8 Å². The number of carboxylic acids is 1. The van der Waals surface area contributed by atoms with Crippen molar-refractivity contribution in [3.63, 3.8) is 0 Å². The number of carbonyl (C=O) groups is 1. The minimum absolute atomic E-state index is 0.0357. The van der Waals surface area contributed by atoms with Gasteiger partial charge in [0.1, 0.15) is 11.5 Å². The number of rotatable bonds is 3. The third-order valence-electron chi connectivity index (χ3n) is 1.76. The Morgan fingerprint density at radius 2 is 2.24 bits per heavy atom. The standard InChI is InChI=1S/C10H6FN3O3/c11-6-1-2-7(12-5-6)10-14-13-8(17-10)3-4-9(15)16/h1-5H,(H,15,16)/b4-3+. The first-order chi connectivity index (χ1) is 8.15. The number of aliphatic carboxylic acids is 1. The normalized spacial score (nSPS) is 10.9. The van der Waals surface area contributed by atoms with Crippen LogP contribution in [-0.2, 0) is 4.79 Å². The molecule has 2 aromatic heterocycles. The van der Waals surface area contributed by atoms with Gasteiger partial charge in [-0.2, -0.15) is 0 Å². The first-order valence-corrected chi connectivity index (χ1v) is 4.51. The van der Waals surface area contributed by atoms with E-state index in [9.17, 15) is 9.18 Å². The van der Waals surface area contributed by atoms with E-state index in [0.29, 0.717) is 5.69 Å². The molecule has 2 aromatic rings. The maximum absolute atomic E-state index is 12.6. The largest absolute Gasteiger partial charge is 0.478 e. The molecule has 0 aliphatic heterocycles. The molecule has 2 rings (SSSR count). The zero-order chi connectivity index (χ0) is 12.3. The van der Waals surface area contributed by atoms with Crippen LogP contribution in [0.25, 0.3) is 17.7 Å². The van der Waals surface area contributed by atoms with Crippen molar-refractivity contribution >= 4 is 12.0 Å². The quantitative estimate of drug-likeness (QED) is 0.808. The Morgan fingerprint density at radius 3 is 2.88 bits per heavy atom. The fraction of sp³-hybridized carbons (Fsp3) is 0. The van der Waals surface area contributed by atoms with E-state index in [4.69, 9.17) is 9.52 Å². The van der Waals surface area contributed by atoms with Crippen LogP contribution in [0.3, 0.4) is 0 Å². The molecule has 86 valence electrons. The Morgan fingerprint density at radius 1 is 1.41 bits per heavy atom. The maximum Gasteiger partial charge on any atom is 0.328 e. The van der Waals surface area contributed by atoms with Crippen molar-refractivity contribution in [3.8, 4) is 11.6 Å². The molecule has 0 saturated carbocycles. The Kier molecular flexibility index (Phi) is 2.91. The molecule has 17 heavy (non-hydrogen) atoms. The molecule has 0 bridgehead atoms. The zero-order valence-corrected chi connectivity index (χ0v) is 8.37. The van der Waals surface area contributed by atoms with Gasteiger partial charge in [0.2, 0.25) is 5.89 Å². The highest BCUT2D eigenvalue weighted by molar-refractivity contribution is 5.84. The minimum atomic E-state index is -1.12. The van der Waals surface area contributed by atoms with Gasteiger partial charge in [-0.15, -0.1) is 10.2 Å². The predicted molar refractivity (Wildman–Crippen MR) is 54.2 cm³/mol. The summed E-state index contributed by atoms with van der Waals surface area (Å²) in [5.41, 5.74) is 0.314. The molecule has 0 aliphatic carbocycles. The Balaban J connectivity index is 2.23. The molecule has 0 radical (unpaired) electrons. The van der Waals surface area contributed by atoms with Gasteiger partial charge in [0.15, 0.2) is 0 Å². The SMILES string of the molecule is O=C(O)/C=C/c1nnc(-c2ccc(F)cn2)o1. The lowest BCUT2D eigenvalue weighted by molar-refractivity contribution is -0.131. The minimum Gasteiger partial charge on any atom is -0.478 e. The summed E-state index contributed by atoms with van der Waals surface area (Å²) >= 11 is 0. The first kappa shape index (κ1) is 10.9. The van der Waals surface area contributed by atoms with Crippen LogP contribution in [0.1, 0.15) is 5.89 Å². The molecule has 0 aliphatic rings. The van der Waals surface area contributed by atoms with Gasteiger partial charge in [-0.1, -0.05) is 0 Å². The van der Waals surface area contributed by atoms with Gasteiger partial charge in [0, 0.05) is 12.2 Å². The van der Waals surface area contributed by atoms with Gasteiger partial charge in [-0.25, -0.2) is 14.2 Å². The summed E-state index contributed by atoms with van der Waals surface area (Å²) in [5, 5.41) is 15.6. The summed E-state index contributed by atoms with van der Waals surface area (Å²) in [5.74, 6) is -1.47. The number of hydrogen-bond acceptors (Lipinski definition) is 5. The van der Waals surface area contributed by atoms with Crippen LogP contribution in [0.2, 0.25) is 0 Å². The molecule has 0 aromatic carbocycles. The summed E-state index contributed by atoms with van der Waals surface area (Å²) in [4.78, 5) is 14.0. The maximum atomic E-state index is 12.6. The van der Waals surface area contributed by atoms with E-state index in [-0.39, 0.29) is 11.8 Å². The first-order valence-electron chi connectivity index (χ1n) is 4.51. The highest BCUT2D eigenvalue weighted by Crippen LogP contribution is 2.15. The Labute approximate surface area is 94.4 Å². The monoisotopic (exact) mass is 235 g/mol. The van der Waals surface area contributed by atoms with Crippen molar-refractivity contribution in [1.29, 1.82) is 0 Å². The fourth-order valence-electron chi connectivity index (χ4n) is 1.05. The van der Waals surface area contributed by atoms with Crippen molar-refractivity contribution in [2.45, 2.75) is 0 Å². The molecule has 2 heterocycles. The molecule has 0 unspecified atom stereocenters. The Bertz CT molecular complexity index is 562. The molecule has 0 amide bonds. The molecular formula is C10H6FN3O3. The summed E-state index contributed by atoms with van der Waals surface area (Å²) in [6.45, 7) is 0. The van der Waals surface area contributed by atoms with E-state index in [1.165, 1.54) is 12.1 Å².